The molecule has 1 fully saturated rings. The van der Waals surface area contributed by atoms with Crippen LogP contribution >= 0.6 is 11.6 Å². The van der Waals surface area contributed by atoms with E-state index in [0.717, 1.165) is 25.8 Å². The summed E-state index contributed by atoms with van der Waals surface area (Å²) < 4.78 is 1.42. The number of halogens is 1. The number of hydrogen-bond donors (Lipinski definition) is 1. The Labute approximate surface area is 124 Å². The summed E-state index contributed by atoms with van der Waals surface area (Å²) in [6, 6.07) is 0. The van der Waals surface area contributed by atoms with Gasteiger partial charge in [-0.05, 0) is 39.8 Å². The van der Waals surface area contributed by atoms with Crippen molar-refractivity contribution in [3.8, 4) is 0 Å². The van der Waals surface area contributed by atoms with Crippen molar-refractivity contribution >= 4 is 17.3 Å². The molecule has 1 aromatic heterocycles. The van der Waals surface area contributed by atoms with Crippen molar-refractivity contribution in [2.24, 2.45) is 0 Å². The van der Waals surface area contributed by atoms with E-state index < -0.39 is 0 Å². The minimum Gasteiger partial charge on any atom is -0.377 e. The molecular weight excluding hydrogens is 276 g/mol. The van der Waals surface area contributed by atoms with Gasteiger partial charge >= 0.3 is 0 Å². The molecule has 0 unspecified atom stereocenters. The molecule has 20 heavy (non-hydrogen) atoms. The Morgan fingerprint density at radius 3 is 2.70 bits per heavy atom. The van der Waals surface area contributed by atoms with E-state index in [1.807, 2.05) is 19.0 Å². The van der Waals surface area contributed by atoms with Crippen LogP contribution in [0.15, 0.2) is 11.0 Å². The van der Waals surface area contributed by atoms with Crippen LogP contribution in [0.5, 0.6) is 0 Å². The smallest absolute Gasteiger partial charge is 0.287 e. The summed E-state index contributed by atoms with van der Waals surface area (Å²) >= 11 is 6.21. The Balaban J connectivity index is 2.16. The van der Waals surface area contributed by atoms with Gasteiger partial charge in [0.2, 0.25) is 0 Å². The molecule has 112 valence electrons. The van der Waals surface area contributed by atoms with Crippen LogP contribution < -0.4 is 10.9 Å². The number of likely N-dealkylation sites (N-methyl/N-ethyl adjacent to an activating group) is 1. The third kappa shape index (κ3) is 3.15. The summed E-state index contributed by atoms with van der Waals surface area (Å²) in [4.78, 5) is 14.2. The van der Waals surface area contributed by atoms with Gasteiger partial charge in [-0.25, -0.2) is 4.68 Å². The fourth-order valence-electron chi connectivity index (χ4n) is 2.46. The van der Waals surface area contributed by atoms with Gasteiger partial charge in [0.05, 0.1) is 18.4 Å². The van der Waals surface area contributed by atoms with Crippen LogP contribution in [0.3, 0.4) is 0 Å². The molecule has 2 rings (SSSR count). The number of nitrogens with zero attached hydrogens (tertiary/aromatic N) is 3. The first-order valence-electron chi connectivity index (χ1n) is 7.16. The molecule has 5 nitrogen and oxygen atoms in total. The van der Waals surface area contributed by atoms with Crippen molar-refractivity contribution in [2.45, 2.75) is 44.7 Å². The van der Waals surface area contributed by atoms with Crippen LogP contribution in [0.4, 0.5) is 5.69 Å². The van der Waals surface area contributed by atoms with E-state index in [1.54, 1.807) is 6.20 Å². The summed E-state index contributed by atoms with van der Waals surface area (Å²) in [6.07, 6.45) is 6.20. The fourth-order valence-corrected chi connectivity index (χ4v) is 2.66. The lowest BCUT2D eigenvalue weighted by molar-refractivity contribution is 0.269. The van der Waals surface area contributed by atoms with Crippen molar-refractivity contribution in [1.82, 2.24) is 14.7 Å². The molecule has 1 saturated carbocycles. The van der Waals surface area contributed by atoms with Crippen LogP contribution in [0.2, 0.25) is 5.02 Å². The molecular formula is C14H23ClN4O. The molecule has 1 heterocycles. The molecule has 1 aliphatic carbocycles. The van der Waals surface area contributed by atoms with Crippen LogP contribution in [0.25, 0.3) is 0 Å². The molecule has 1 N–H and O–H groups in total. The zero-order valence-electron chi connectivity index (χ0n) is 12.4. The van der Waals surface area contributed by atoms with Gasteiger partial charge in [0.25, 0.3) is 5.56 Å². The van der Waals surface area contributed by atoms with Crippen molar-refractivity contribution in [1.29, 1.82) is 0 Å². The first kappa shape index (κ1) is 15.3. The second-order valence-electron chi connectivity index (χ2n) is 5.82. The average Bonchev–Trinajstić information content (AvgIpc) is 2.37. The molecule has 0 spiro atoms. The minimum atomic E-state index is -0.218. The van der Waals surface area contributed by atoms with Gasteiger partial charge in [0.15, 0.2) is 0 Å². The summed E-state index contributed by atoms with van der Waals surface area (Å²) in [6.45, 7) is 3.46. The number of hydrogen-bond acceptors (Lipinski definition) is 4. The molecule has 0 atom stereocenters. The van der Waals surface area contributed by atoms with E-state index in [0.29, 0.717) is 12.2 Å². The Morgan fingerprint density at radius 1 is 1.50 bits per heavy atom. The lowest BCUT2D eigenvalue weighted by Crippen LogP contribution is -2.45. The van der Waals surface area contributed by atoms with E-state index in [2.05, 4.69) is 17.3 Å². The zero-order chi connectivity index (χ0) is 14.8. The van der Waals surface area contributed by atoms with Gasteiger partial charge in [0.1, 0.15) is 5.02 Å². The Morgan fingerprint density at radius 2 is 2.20 bits per heavy atom. The highest BCUT2D eigenvalue weighted by Gasteiger charge is 2.35. The number of aromatic nitrogens is 2. The average molecular weight is 299 g/mol. The van der Waals surface area contributed by atoms with Crippen LogP contribution in [-0.2, 0) is 6.54 Å². The Bertz CT molecular complexity index is 517. The summed E-state index contributed by atoms with van der Waals surface area (Å²) in [7, 11) is 3.92. The third-order valence-electron chi connectivity index (χ3n) is 4.13. The van der Waals surface area contributed by atoms with Crippen molar-refractivity contribution in [2.75, 3.05) is 26.0 Å². The van der Waals surface area contributed by atoms with Crippen LogP contribution in [0.1, 0.15) is 32.6 Å². The third-order valence-corrected chi connectivity index (χ3v) is 4.50. The van der Waals surface area contributed by atoms with Crippen molar-refractivity contribution < 1.29 is 0 Å². The quantitative estimate of drug-likeness (QED) is 0.875. The van der Waals surface area contributed by atoms with Gasteiger partial charge in [-0.2, -0.15) is 5.10 Å². The number of nitrogens with one attached hydrogen (secondary N) is 1. The topological polar surface area (TPSA) is 50.2 Å². The van der Waals surface area contributed by atoms with Crippen molar-refractivity contribution in [3.05, 3.63) is 21.6 Å². The molecule has 1 aromatic rings. The first-order chi connectivity index (χ1) is 9.47. The highest BCUT2D eigenvalue weighted by Crippen LogP contribution is 2.38. The molecule has 1 aliphatic rings. The lowest BCUT2D eigenvalue weighted by Gasteiger charge is -2.42. The van der Waals surface area contributed by atoms with Crippen molar-refractivity contribution in [3.63, 3.8) is 0 Å². The maximum absolute atomic E-state index is 12.2. The Kier molecular flexibility index (Phi) is 4.70. The van der Waals surface area contributed by atoms with E-state index >= 15 is 0 Å². The fraction of sp³-hybridized carbons (Fsp3) is 0.714. The molecule has 0 aliphatic heterocycles. The molecule has 0 bridgehead atoms. The highest BCUT2D eigenvalue weighted by atomic mass is 35.5. The van der Waals surface area contributed by atoms with Gasteiger partial charge in [-0.1, -0.05) is 18.5 Å². The highest BCUT2D eigenvalue weighted by molar-refractivity contribution is 6.32. The SMILES string of the molecule is CCC1(Nc2cnn(CCN(C)C)c(=O)c2Cl)CCC1. The summed E-state index contributed by atoms with van der Waals surface area (Å²) in [5.74, 6) is 0. The van der Waals surface area contributed by atoms with Gasteiger partial charge in [-0.3, -0.25) is 4.79 Å². The van der Waals surface area contributed by atoms with Gasteiger partial charge in [-0.15, -0.1) is 0 Å². The second-order valence-corrected chi connectivity index (χ2v) is 6.19. The molecule has 0 amide bonds. The summed E-state index contributed by atoms with van der Waals surface area (Å²) in [5, 5.41) is 7.89. The van der Waals surface area contributed by atoms with E-state index in [9.17, 15) is 4.79 Å². The van der Waals surface area contributed by atoms with E-state index in [-0.39, 0.29) is 16.1 Å². The van der Waals surface area contributed by atoms with Crippen LogP contribution in [0, 0.1) is 0 Å². The Hall–Kier alpha value is -1.07. The maximum atomic E-state index is 12.2. The largest absolute Gasteiger partial charge is 0.377 e. The number of rotatable bonds is 6. The zero-order valence-corrected chi connectivity index (χ0v) is 13.2. The second kappa shape index (κ2) is 6.14. The van der Waals surface area contributed by atoms with Gasteiger partial charge < -0.3 is 10.2 Å². The van der Waals surface area contributed by atoms with Gasteiger partial charge in [0, 0.05) is 12.1 Å². The molecule has 0 saturated heterocycles. The monoisotopic (exact) mass is 298 g/mol. The molecule has 0 radical (unpaired) electrons. The predicted octanol–water partition coefficient (Wildman–Crippen LogP) is 2.20. The molecule has 6 heteroatoms. The lowest BCUT2D eigenvalue weighted by atomic mass is 9.75. The standard InChI is InChI=1S/C14H23ClN4O/c1-4-14(6-5-7-14)17-11-10-16-19(9-8-18(2)3)13(20)12(11)15/h10,17H,4-9H2,1-3H3. The minimum absolute atomic E-state index is 0.105. The normalized spacial score (nSPS) is 17.1. The summed E-state index contributed by atoms with van der Waals surface area (Å²) in [5.41, 5.74) is 0.552. The maximum Gasteiger partial charge on any atom is 0.287 e. The molecule has 0 aromatic carbocycles. The predicted molar refractivity (Wildman–Crippen MR) is 82.6 cm³/mol. The van der Waals surface area contributed by atoms with Crippen LogP contribution in [-0.4, -0.2) is 40.9 Å². The first-order valence-corrected chi connectivity index (χ1v) is 7.54. The van der Waals surface area contributed by atoms with E-state index in [4.69, 9.17) is 11.6 Å². The number of anilines is 1. The van der Waals surface area contributed by atoms with E-state index in [1.165, 1.54) is 11.1 Å².